The average molecular weight is 428 g/mol. The van der Waals surface area contributed by atoms with Crippen LogP contribution in [0.1, 0.15) is 0 Å². The molecular weight excluding hydrogens is 406 g/mol. The Morgan fingerprint density at radius 3 is 2.40 bits per heavy atom. The van der Waals surface area contributed by atoms with Gasteiger partial charge in [0.05, 0.1) is 19.2 Å². The van der Waals surface area contributed by atoms with Crippen molar-refractivity contribution < 1.29 is 68.6 Å². The Balaban J connectivity index is 0.00000841. The number of rotatable bonds is 11. The summed E-state index contributed by atoms with van der Waals surface area (Å²) in [5.41, 5.74) is 0. The second kappa shape index (κ2) is 16.8. The molecule has 1 aromatic carbocycles. The number of halogens is 1. The van der Waals surface area contributed by atoms with Crippen molar-refractivity contribution in [3.05, 3.63) is 66.5 Å². The molecule has 0 aliphatic heterocycles. The summed E-state index contributed by atoms with van der Waals surface area (Å²) in [5, 5.41) is 39.0. The number of allylic oxidation sites excluding steroid dienone is 4. The molecule has 0 amide bonds. The molecule has 3 unspecified atom stereocenters. The number of aliphatic carboxylic acids is 1. The number of aliphatic hydroxyl groups is 3. The topological polar surface area (TPSA) is 119 Å². The Morgan fingerprint density at radius 1 is 1.07 bits per heavy atom. The van der Waals surface area contributed by atoms with Gasteiger partial charge in [-0.3, -0.25) is 0 Å². The maximum absolute atomic E-state index is 12.8. The van der Waals surface area contributed by atoms with E-state index in [9.17, 15) is 29.6 Å². The van der Waals surface area contributed by atoms with Crippen molar-refractivity contribution in [1.29, 1.82) is 0 Å². The predicted octanol–water partition coefficient (Wildman–Crippen LogP) is -3.27. The minimum Gasteiger partial charge on any atom is -0.548 e. The van der Waals surface area contributed by atoms with Crippen LogP contribution in [0.5, 0.6) is 5.75 Å². The van der Waals surface area contributed by atoms with Gasteiger partial charge in [-0.1, -0.05) is 30.1 Å². The van der Waals surface area contributed by atoms with E-state index in [0.717, 1.165) is 0 Å². The fourth-order valence-corrected chi connectivity index (χ4v) is 1.79. The van der Waals surface area contributed by atoms with Crippen molar-refractivity contribution in [1.82, 2.24) is 0 Å². The summed E-state index contributed by atoms with van der Waals surface area (Å²) in [6.45, 7) is -1.01. The van der Waals surface area contributed by atoms with Gasteiger partial charge in [-0.25, -0.2) is 4.39 Å². The van der Waals surface area contributed by atoms with Crippen molar-refractivity contribution in [2.75, 3.05) is 19.8 Å². The maximum Gasteiger partial charge on any atom is 1.00 e. The third-order valence-electron chi connectivity index (χ3n) is 3.22. The molecule has 0 radical (unpaired) electrons. The number of carbonyl (C=O) groups excluding carboxylic acids is 1. The molecule has 0 saturated heterocycles. The van der Waals surface area contributed by atoms with Gasteiger partial charge in [-0.15, -0.1) is 0 Å². The van der Waals surface area contributed by atoms with E-state index in [1.54, 1.807) is 0 Å². The van der Waals surface area contributed by atoms with Crippen molar-refractivity contribution in [2.24, 2.45) is 0 Å². The third-order valence-corrected chi connectivity index (χ3v) is 3.22. The predicted molar refractivity (Wildman–Crippen MR) is 101 cm³/mol. The largest absolute Gasteiger partial charge is 1.00 e. The Kier molecular flexibility index (Phi) is 15.7. The summed E-state index contributed by atoms with van der Waals surface area (Å²) in [5.74, 6) is 3.99. The number of hydrogen-bond donors (Lipinski definition) is 3. The van der Waals surface area contributed by atoms with Crippen LogP contribution in [-0.2, 0) is 9.53 Å². The quantitative estimate of drug-likeness (QED) is 0.192. The van der Waals surface area contributed by atoms with Crippen molar-refractivity contribution >= 4 is 5.97 Å². The molecule has 0 aliphatic carbocycles. The molecular formula is C21H22FNaO7. The van der Waals surface area contributed by atoms with Crippen LogP contribution < -0.4 is 39.4 Å². The molecule has 0 aromatic heterocycles. The zero-order chi connectivity index (χ0) is 21.5. The maximum atomic E-state index is 12.8. The zero-order valence-corrected chi connectivity index (χ0v) is 18.5. The van der Waals surface area contributed by atoms with E-state index in [2.05, 4.69) is 16.6 Å². The van der Waals surface area contributed by atoms with Crippen LogP contribution >= 0.6 is 0 Å². The molecule has 3 N–H and O–H groups in total. The SMILES string of the molecule is O=C([O-])COCC(O)C(O)C=CC=CC#CC=CC(O)COc1ccc(F)cc1.[Na+]. The van der Waals surface area contributed by atoms with Gasteiger partial charge in [0.2, 0.25) is 0 Å². The first-order valence-corrected chi connectivity index (χ1v) is 8.59. The van der Waals surface area contributed by atoms with Crippen LogP contribution in [-0.4, -0.2) is 59.4 Å². The number of hydrogen-bond acceptors (Lipinski definition) is 7. The van der Waals surface area contributed by atoms with Crippen molar-refractivity contribution in [3.8, 4) is 17.6 Å². The van der Waals surface area contributed by atoms with Crippen LogP contribution in [0, 0.1) is 17.7 Å². The summed E-state index contributed by atoms with van der Waals surface area (Å²) in [7, 11) is 0. The van der Waals surface area contributed by atoms with Crippen molar-refractivity contribution in [2.45, 2.75) is 18.3 Å². The van der Waals surface area contributed by atoms with Crippen LogP contribution in [0.3, 0.4) is 0 Å². The van der Waals surface area contributed by atoms with E-state index >= 15 is 0 Å². The molecule has 3 atom stereocenters. The van der Waals surface area contributed by atoms with Gasteiger partial charge < -0.3 is 34.7 Å². The molecule has 30 heavy (non-hydrogen) atoms. The molecule has 0 spiro atoms. The molecule has 1 aromatic rings. The standard InChI is InChI=1S/C21H23FO7.Na/c22-16-9-11-18(12-10-16)29-13-17(23)7-5-3-1-2-4-6-8-19(24)20(25)14-28-15-21(26)27;/h2,4-12,17,19-20,23-25H,13-15H2,(H,26,27);/q;+1/p-1. The number of carbonyl (C=O) groups is 1. The summed E-state index contributed by atoms with van der Waals surface area (Å²) in [6, 6.07) is 5.43. The van der Waals surface area contributed by atoms with E-state index in [1.165, 1.54) is 60.7 Å². The number of carboxylic acid groups (broad SMARTS) is 1. The minimum absolute atomic E-state index is 0. The first-order chi connectivity index (χ1) is 13.9. The zero-order valence-electron chi connectivity index (χ0n) is 16.5. The fourth-order valence-electron chi connectivity index (χ4n) is 1.79. The van der Waals surface area contributed by atoms with Gasteiger partial charge in [-0.05, 0) is 42.5 Å². The number of carboxylic acids is 1. The summed E-state index contributed by atoms with van der Waals surface area (Å²) in [4.78, 5) is 10.2. The van der Waals surface area contributed by atoms with Gasteiger partial charge in [0.15, 0.2) is 0 Å². The van der Waals surface area contributed by atoms with Gasteiger partial charge in [0.1, 0.15) is 36.5 Å². The first kappa shape index (κ1) is 28.0. The molecule has 0 saturated carbocycles. The van der Waals surface area contributed by atoms with E-state index in [4.69, 9.17) is 4.74 Å². The van der Waals surface area contributed by atoms with Crippen LogP contribution in [0.4, 0.5) is 4.39 Å². The van der Waals surface area contributed by atoms with E-state index in [0.29, 0.717) is 5.75 Å². The van der Waals surface area contributed by atoms with Gasteiger partial charge in [-0.2, -0.15) is 0 Å². The molecule has 0 bridgehead atoms. The number of benzene rings is 1. The minimum atomic E-state index is -1.41. The van der Waals surface area contributed by atoms with Crippen LogP contribution in [0.15, 0.2) is 60.7 Å². The Morgan fingerprint density at radius 2 is 1.73 bits per heavy atom. The number of ether oxygens (including phenoxy) is 2. The van der Waals surface area contributed by atoms with Gasteiger partial charge in [0.25, 0.3) is 0 Å². The monoisotopic (exact) mass is 428 g/mol. The smallest absolute Gasteiger partial charge is 0.548 e. The summed E-state index contributed by atoms with van der Waals surface area (Å²) in [6.07, 6.45) is 5.24. The Labute approximate surface area is 196 Å². The van der Waals surface area contributed by atoms with E-state index in [-0.39, 0.29) is 48.6 Å². The molecule has 0 aliphatic rings. The molecule has 9 heteroatoms. The van der Waals surface area contributed by atoms with Crippen LogP contribution in [0.2, 0.25) is 0 Å². The number of aliphatic hydroxyl groups excluding tert-OH is 3. The normalized spacial score (nSPS) is 14.1. The second-order valence-electron chi connectivity index (χ2n) is 5.67. The Bertz CT molecular complexity index is 766. The average Bonchev–Trinajstić information content (AvgIpc) is 2.69. The van der Waals surface area contributed by atoms with E-state index in [1.807, 2.05) is 0 Å². The molecule has 7 nitrogen and oxygen atoms in total. The first-order valence-electron chi connectivity index (χ1n) is 8.59. The molecule has 1 rings (SSSR count). The van der Waals surface area contributed by atoms with E-state index < -0.39 is 30.9 Å². The molecule has 0 fully saturated rings. The second-order valence-corrected chi connectivity index (χ2v) is 5.67. The van der Waals surface area contributed by atoms with Gasteiger partial charge in [0, 0.05) is 0 Å². The summed E-state index contributed by atoms with van der Waals surface area (Å²) < 4.78 is 22.7. The molecule has 0 heterocycles. The third kappa shape index (κ3) is 14.1. The molecule has 156 valence electrons. The fraction of sp³-hybridized carbons (Fsp3) is 0.286. The van der Waals surface area contributed by atoms with Crippen LogP contribution in [0.25, 0.3) is 0 Å². The van der Waals surface area contributed by atoms with Crippen molar-refractivity contribution in [3.63, 3.8) is 0 Å². The van der Waals surface area contributed by atoms with Gasteiger partial charge >= 0.3 is 29.6 Å². The summed E-state index contributed by atoms with van der Waals surface area (Å²) >= 11 is 0. The Hall–Kier alpha value is -1.96.